The maximum atomic E-state index is 12.6. The molecule has 0 heterocycles. The first-order chi connectivity index (χ1) is 14.0. The van der Waals surface area contributed by atoms with Crippen LogP contribution in [0.5, 0.6) is 0 Å². The van der Waals surface area contributed by atoms with Crippen LogP contribution in [0, 0.1) is 46.3 Å². The van der Waals surface area contributed by atoms with Crippen LogP contribution in [-0.2, 0) is 9.53 Å². The van der Waals surface area contributed by atoms with E-state index in [1.165, 1.54) is 38.5 Å². The van der Waals surface area contributed by atoms with Gasteiger partial charge in [0.2, 0.25) is 0 Å². The van der Waals surface area contributed by atoms with Gasteiger partial charge in [-0.05, 0) is 104 Å². The van der Waals surface area contributed by atoms with E-state index >= 15 is 0 Å². The summed E-state index contributed by atoms with van der Waals surface area (Å²) in [6.45, 7) is 9.73. The van der Waals surface area contributed by atoms with Crippen molar-refractivity contribution in [3.63, 3.8) is 0 Å². The van der Waals surface area contributed by atoms with E-state index in [1.807, 2.05) is 0 Å². The highest BCUT2D eigenvalue weighted by molar-refractivity contribution is 5.75. The zero-order valence-corrected chi connectivity index (χ0v) is 19.1. The van der Waals surface area contributed by atoms with Crippen molar-refractivity contribution in [3.8, 4) is 0 Å². The van der Waals surface area contributed by atoms with Gasteiger partial charge in [-0.25, -0.2) is 4.79 Å². The molecule has 4 aliphatic carbocycles. The fraction of sp³-hybridized carbons (Fsp3) is 0.960. The number of hydrogen-bond acceptors (Lipinski definition) is 2. The van der Waals surface area contributed by atoms with Gasteiger partial charge in [-0.1, -0.05) is 34.1 Å². The van der Waals surface area contributed by atoms with Gasteiger partial charge in [-0.2, -0.15) is 13.2 Å². The fourth-order valence-electron chi connectivity index (χ4n) is 8.80. The van der Waals surface area contributed by atoms with Gasteiger partial charge in [0.15, 0.2) is 0 Å². The van der Waals surface area contributed by atoms with Crippen molar-refractivity contribution in [2.75, 3.05) is 0 Å². The average molecular weight is 429 g/mol. The first kappa shape index (κ1) is 22.5. The van der Waals surface area contributed by atoms with Gasteiger partial charge in [0.05, 0.1) is 0 Å². The molecule has 0 radical (unpaired) electrons. The normalized spacial score (nSPS) is 47.0. The minimum absolute atomic E-state index is 0.194. The standard InChI is InChI=1S/C25H39F3O2/c1-5-15(2)19-8-9-20-18-7-6-16-14-17(30-22(29)25(26,27)28)10-12-23(16,3)21(18)11-13-24(19,20)4/h15-21H,5-14H2,1-4H3/t15-,16-,17-,18+,19-,20+,21+,23+,24-/m1/s1. The summed E-state index contributed by atoms with van der Waals surface area (Å²) in [5, 5.41) is 0. The Labute approximate surface area is 179 Å². The fourth-order valence-corrected chi connectivity index (χ4v) is 8.80. The second kappa shape index (κ2) is 7.69. The Hall–Kier alpha value is -0.740. The molecule has 0 amide bonds. The highest BCUT2D eigenvalue weighted by atomic mass is 19.4. The number of fused-ring (bicyclic) bond motifs is 5. The van der Waals surface area contributed by atoms with E-state index in [0.717, 1.165) is 36.5 Å². The molecule has 0 aromatic heterocycles. The van der Waals surface area contributed by atoms with Crippen molar-refractivity contribution in [2.45, 2.75) is 104 Å². The molecule has 4 saturated carbocycles. The molecule has 0 aromatic carbocycles. The van der Waals surface area contributed by atoms with Crippen LogP contribution >= 0.6 is 0 Å². The first-order valence-corrected chi connectivity index (χ1v) is 12.3. The number of alkyl halides is 3. The van der Waals surface area contributed by atoms with Crippen LogP contribution < -0.4 is 0 Å². The second-order valence-electron chi connectivity index (χ2n) is 11.6. The Balaban J connectivity index is 1.47. The van der Waals surface area contributed by atoms with Crippen molar-refractivity contribution in [3.05, 3.63) is 0 Å². The Morgan fingerprint density at radius 3 is 2.33 bits per heavy atom. The number of carbonyl (C=O) groups excluding carboxylic acids is 1. The summed E-state index contributed by atoms with van der Waals surface area (Å²) in [6.07, 6.45) is 5.49. The molecule has 172 valence electrons. The second-order valence-corrected chi connectivity index (χ2v) is 11.6. The average Bonchev–Trinajstić information content (AvgIpc) is 3.04. The number of halogens is 3. The zero-order chi connectivity index (χ0) is 21.9. The van der Waals surface area contributed by atoms with Gasteiger partial charge in [-0.3, -0.25) is 0 Å². The molecule has 4 fully saturated rings. The van der Waals surface area contributed by atoms with Crippen LogP contribution in [-0.4, -0.2) is 18.2 Å². The minimum atomic E-state index is -4.89. The number of rotatable bonds is 3. The van der Waals surface area contributed by atoms with E-state index in [4.69, 9.17) is 4.74 Å². The Kier molecular flexibility index (Phi) is 5.76. The molecule has 0 aliphatic heterocycles. The predicted octanol–water partition coefficient (Wildman–Crippen LogP) is 7.17. The van der Waals surface area contributed by atoms with E-state index in [0.29, 0.717) is 30.1 Å². The van der Waals surface area contributed by atoms with Crippen molar-refractivity contribution in [2.24, 2.45) is 46.3 Å². The molecule has 4 aliphatic rings. The minimum Gasteiger partial charge on any atom is -0.456 e. The van der Waals surface area contributed by atoms with Crippen molar-refractivity contribution >= 4 is 5.97 Å². The van der Waals surface area contributed by atoms with Gasteiger partial charge in [0.25, 0.3) is 0 Å². The predicted molar refractivity (Wildman–Crippen MR) is 111 cm³/mol. The molecule has 9 atom stereocenters. The van der Waals surface area contributed by atoms with E-state index < -0.39 is 18.2 Å². The van der Waals surface area contributed by atoms with Gasteiger partial charge in [0, 0.05) is 0 Å². The summed E-state index contributed by atoms with van der Waals surface area (Å²) in [7, 11) is 0. The summed E-state index contributed by atoms with van der Waals surface area (Å²) >= 11 is 0. The summed E-state index contributed by atoms with van der Waals surface area (Å²) in [4.78, 5) is 11.3. The van der Waals surface area contributed by atoms with Crippen molar-refractivity contribution < 1.29 is 22.7 Å². The molecule has 30 heavy (non-hydrogen) atoms. The van der Waals surface area contributed by atoms with Gasteiger partial charge >= 0.3 is 12.1 Å². The van der Waals surface area contributed by atoms with Gasteiger partial charge < -0.3 is 4.74 Å². The molecule has 5 heteroatoms. The van der Waals surface area contributed by atoms with Crippen LogP contribution in [0.2, 0.25) is 0 Å². The molecule has 0 bridgehead atoms. The van der Waals surface area contributed by atoms with Crippen molar-refractivity contribution in [1.82, 2.24) is 0 Å². The number of carbonyl (C=O) groups is 1. The Bertz CT molecular complexity index is 661. The highest BCUT2D eigenvalue weighted by Gasteiger charge is 2.60. The molecular weight excluding hydrogens is 389 g/mol. The summed E-state index contributed by atoms with van der Waals surface area (Å²) in [5.41, 5.74) is 0.666. The monoisotopic (exact) mass is 428 g/mol. The molecule has 0 unspecified atom stereocenters. The molecule has 0 spiro atoms. The maximum absolute atomic E-state index is 12.6. The zero-order valence-electron chi connectivity index (χ0n) is 19.1. The molecule has 0 saturated heterocycles. The largest absolute Gasteiger partial charge is 0.490 e. The third-order valence-electron chi connectivity index (χ3n) is 10.5. The van der Waals surface area contributed by atoms with E-state index in [-0.39, 0.29) is 5.41 Å². The smallest absolute Gasteiger partial charge is 0.456 e. The Morgan fingerprint density at radius 2 is 1.67 bits per heavy atom. The van der Waals surface area contributed by atoms with Crippen LogP contribution in [0.15, 0.2) is 0 Å². The quantitative estimate of drug-likeness (QED) is 0.446. The van der Waals surface area contributed by atoms with Crippen LogP contribution in [0.1, 0.15) is 91.9 Å². The molecule has 0 aromatic rings. The number of ether oxygens (including phenoxy) is 1. The number of hydrogen-bond donors (Lipinski definition) is 0. The highest BCUT2D eigenvalue weighted by Crippen LogP contribution is 2.68. The SMILES string of the molecule is CC[C@@H](C)[C@H]1CC[C@H]2[C@@H]3CC[C@@H]4C[C@H](OC(=O)C(F)(F)F)CC[C@]4(C)[C@H]3CC[C@]12C. The summed E-state index contributed by atoms with van der Waals surface area (Å²) in [6, 6.07) is 0. The number of esters is 1. The topological polar surface area (TPSA) is 26.3 Å². The lowest BCUT2D eigenvalue weighted by Gasteiger charge is -2.61. The lowest BCUT2D eigenvalue weighted by Crippen LogP contribution is -2.54. The van der Waals surface area contributed by atoms with Crippen molar-refractivity contribution in [1.29, 1.82) is 0 Å². The molecule has 4 rings (SSSR count). The lowest BCUT2D eigenvalue weighted by atomic mass is 9.44. The molecular formula is C25H39F3O2. The maximum Gasteiger partial charge on any atom is 0.490 e. The lowest BCUT2D eigenvalue weighted by molar-refractivity contribution is -0.210. The third kappa shape index (κ3) is 3.50. The first-order valence-electron chi connectivity index (χ1n) is 12.3. The van der Waals surface area contributed by atoms with E-state index in [1.54, 1.807) is 0 Å². The van der Waals surface area contributed by atoms with Crippen LogP contribution in [0.3, 0.4) is 0 Å². The van der Waals surface area contributed by atoms with Crippen LogP contribution in [0.25, 0.3) is 0 Å². The summed E-state index contributed by atoms with van der Waals surface area (Å²) < 4.78 is 42.8. The molecule has 2 nitrogen and oxygen atoms in total. The summed E-state index contributed by atoms with van der Waals surface area (Å²) in [5.74, 6) is 2.28. The van der Waals surface area contributed by atoms with E-state index in [9.17, 15) is 18.0 Å². The van der Waals surface area contributed by atoms with Crippen LogP contribution in [0.4, 0.5) is 13.2 Å². The Morgan fingerprint density at radius 1 is 1.00 bits per heavy atom. The van der Waals surface area contributed by atoms with Gasteiger partial charge in [-0.15, -0.1) is 0 Å². The van der Waals surface area contributed by atoms with Gasteiger partial charge in [0.1, 0.15) is 6.10 Å². The third-order valence-corrected chi connectivity index (χ3v) is 10.5. The van der Waals surface area contributed by atoms with E-state index in [2.05, 4.69) is 27.7 Å². The molecule has 0 N–H and O–H groups in total.